The van der Waals surface area contributed by atoms with Crippen molar-refractivity contribution in [2.75, 3.05) is 6.61 Å². The van der Waals surface area contributed by atoms with Crippen LogP contribution in [0, 0.1) is 0 Å². The van der Waals surface area contributed by atoms with Crippen LogP contribution in [0.4, 0.5) is 0 Å². The fourth-order valence-corrected chi connectivity index (χ4v) is 2.99. The van der Waals surface area contributed by atoms with E-state index in [1.807, 2.05) is 36.4 Å². The molecule has 1 heterocycles. The Hall–Kier alpha value is -3.08. The van der Waals surface area contributed by atoms with Gasteiger partial charge in [-0.1, -0.05) is 43.7 Å². The highest BCUT2D eigenvalue weighted by molar-refractivity contribution is 5.82. The van der Waals surface area contributed by atoms with Gasteiger partial charge in [0, 0.05) is 23.1 Å². The van der Waals surface area contributed by atoms with Crippen molar-refractivity contribution in [3.05, 3.63) is 76.1 Å². The summed E-state index contributed by atoms with van der Waals surface area (Å²) in [5, 5.41) is 0.871. The van der Waals surface area contributed by atoms with Crippen LogP contribution in [-0.4, -0.2) is 12.6 Å². The number of hydrogen-bond acceptors (Lipinski definition) is 5. The highest BCUT2D eigenvalue weighted by atomic mass is 16.6. The molecule has 140 valence electrons. The second-order valence-corrected chi connectivity index (χ2v) is 6.16. The maximum Gasteiger partial charge on any atom is 0.352 e. The first kappa shape index (κ1) is 18.7. The zero-order valence-electron chi connectivity index (χ0n) is 15.4. The van der Waals surface area contributed by atoms with Gasteiger partial charge < -0.3 is 13.9 Å². The van der Waals surface area contributed by atoms with E-state index in [0.29, 0.717) is 16.9 Å². The molecule has 3 rings (SSSR count). The summed E-state index contributed by atoms with van der Waals surface area (Å²) in [6.45, 7) is 4.07. The SMILES string of the molecule is CCCc1cc(=O)oc2cc(O[C@@H](C(=O)OCC)c3ccccc3)ccc12. The van der Waals surface area contributed by atoms with Crippen LogP contribution in [0.15, 0.2) is 63.8 Å². The second-order valence-electron chi connectivity index (χ2n) is 6.16. The highest BCUT2D eigenvalue weighted by Crippen LogP contribution is 2.28. The quantitative estimate of drug-likeness (QED) is 0.457. The topological polar surface area (TPSA) is 65.7 Å². The third kappa shape index (κ3) is 4.37. The van der Waals surface area contributed by atoms with E-state index in [2.05, 4.69) is 6.92 Å². The molecule has 0 N–H and O–H groups in total. The molecule has 27 heavy (non-hydrogen) atoms. The van der Waals surface area contributed by atoms with Crippen molar-refractivity contribution >= 4 is 16.9 Å². The minimum absolute atomic E-state index is 0.262. The Morgan fingerprint density at radius 2 is 1.85 bits per heavy atom. The zero-order chi connectivity index (χ0) is 19.2. The van der Waals surface area contributed by atoms with E-state index in [1.165, 1.54) is 6.07 Å². The molecule has 0 saturated heterocycles. The van der Waals surface area contributed by atoms with Crippen LogP contribution in [0.3, 0.4) is 0 Å². The Bertz CT molecular complexity index is 975. The number of aryl methyl sites for hydroxylation is 1. The fourth-order valence-electron chi connectivity index (χ4n) is 2.99. The van der Waals surface area contributed by atoms with Gasteiger partial charge in [0.05, 0.1) is 6.61 Å². The third-order valence-electron chi connectivity index (χ3n) is 4.18. The van der Waals surface area contributed by atoms with Crippen molar-refractivity contribution in [1.29, 1.82) is 0 Å². The van der Waals surface area contributed by atoms with E-state index in [0.717, 1.165) is 23.8 Å². The smallest absolute Gasteiger partial charge is 0.352 e. The molecule has 0 aliphatic carbocycles. The van der Waals surface area contributed by atoms with Gasteiger partial charge in [0.25, 0.3) is 0 Å². The number of rotatable bonds is 7. The van der Waals surface area contributed by atoms with Gasteiger partial charge in [-0.15, -0.1) is 0 Å². The molecule has 0 bridgehead atoms. The van der Waals surface area contributed by atoms with Gasteiger partial charge >= 0.3 is 11.6 Å². The number of ether oxygens (including phenoxy) is 2. The predicted octanol–water partition coefficient (Wildman–Crippen LogP) is 4.43. The lowest BCUT2D eigenvalue weighted by molar-refractivity contribution is -0.151. The Morgan fingerprint density at radius 3 is 2.56 bits per heavy atom. The van der Waals surface area contributed by atoms with Gasteiger partial charge in [-0.3, -0.25) is 0 Å². The van der Waals surface area contributed by atoms with Crippen LogP contribution >= 0.6 is 0 Å². The van der Waals surface area contributed by atoms with E-state index >= 15 is 0 Å². The Kier molecular flexibility index (Phi) is 5.91. The van der Waals surface area contributed by atoms with Gasteiger partial charge in [0.15, 0.2) is 0 Å². The molecule has 5 nitrogen and oxygen atoms in total. The predicted molar refractivity (Wildman–Crippen MR) is 103 cm³/mol. The average Bonchev–Trinajstić information content (AvgIpc) is 2.67. The lowest BCUT2D eigenvalue weighted by Crippen LogP contribution is -2.21. The molecular formula is C22H22O5. The van der Waals surface area contributed by atoms with Crippen LogP contribution in [0.1, 0.15) is 37.5 Å². The Morgan fingerprint density at radius 1 is 1.07 bits per heavy atom. The molecule has 0 radical (unpaired) electrons. The summed E-state index contributed by atoms with van der Waals surface area (Å²) in [6.07, 6.45) is 0.821. The van der Waals surface area contributed by atoms with Gasteiger partial charge in [-0.2, -0.15) is 0 Å². The number of esters is 1. The standard InChI is InChI=1S/C22H22O5/c1-3-8-16-13-20(23)27-19-14-17(11-12-18(16)19)26-21(22(24)25-4-2)15-9-6-5-7-10-15/h5-7,9-14,21H,3-4,8H2,1-2H3/t21-/m1/s1. The van der Waals surface area contributed by atoms with Gasteiger partial charge in [-0.05, 0) is 31.0 Å². The Labute approximate surface area is 157 Å². The minimum atomic E-state index is -0.894. The molecule has 1 atom stereocenters. The van der Waals surface area contributed by atoms with Crippen molar-refractivity contribution in [2.24, 2.45) is 0 Å². The van der Waals surface area contributed by atoms with E-state index in [9.17, 15) is 9.59 Å². The number of hydrogen-bond donors (Lipinski definition) is 0. The summed E-state index contributed by atoms with van der Waals surface area (Å²) in [4.78, 5) is 24.2. The first-order valence-electron chi connectivity index (χ1n) is 9.07. The van der Waals surface area contributed by atoms with Crippen LogP contribution in [0.5, 0.6) is 5.75 Å². The average molecular weight is 366 g/mol. The highest BCUT2D eigenvalue weighted by Gasteiger charge is 2.24. The molecule has 2 aromatic carbocycles. The van der Waals surface area contributed by atoms with E-state index in [1.54, 1.807) is 19.1 Å². The van der Waals surface area contributed by atoms with Crippen molar-refractivity contribution in [3.8, 4) is 5.75 Å². The van der Waals surface area contributed by atoms with Crippen LogP contribution in [0.2, 0.25) is 0 Å². The zero-order valence-corrected chi connectivity index (χ0v) is 15.4. The minimum Gasteiger partial charge on any atom is -0.474 e. The molecule has 0 aliphatic heterocycles. The van der Waals surface area contributed by atoms with E-state index < -0.39 is 17.7 Å². The van der Waals surface area contributed by atoms with Crippen LogP contribution in [0.25, 0.3) is 11.0 Å². The van der Waals surface area contributed by atoms with E-state index in [4.69, 9.17) is 13.9 Å². The Balaban J connectivity index is 1.97. The molecule has 0 saturated carbocycles. The van der Waals surface area contributed by atoms with Crippen molar-refractivity contribution < 1.29 is 18.7 Å². The molecule has 0 spiro atoms. The summed E-state index contributed by atoms with van der Waals surface area (Å²) in [5.74, 6) is -0.0359. The number of fused-ring (bicyclic) bond motifs is 1. The van der Waals surface area contributed by atoms with Crippen molar-refractivity contribution in [2.45, 2.75) is 32.8 Å². The molecular weight excluding hydrogens is 344 g/mol. The monoisotopic (exact) mass is 366 g/mol. The lowest BCUT2D eigenvalue weighted by atomic mass is 10.1. The van der Waals surface area contributed by atoms with Crippen molar-refractivity contribution in [1.82, 2.24) is 0 Å². The summed E-state index contributed by atoms with van der Waals surface area (Å²) in [5.41, 5.74) is 1.68. The normalized spacial score (nSPS) is 11.9. The number of carbonyl (C=O) groups is 1. The maximum atomic E-state index is 12.4. The summed E-state index contributed by atoms with van der Waals surface area (Å²) < 4.78 is 16.4. The molecule has 3 aromatic rings. The summed E-state index contributed by atoms with van der Waals surface area (Å²) >= 11 is 0. The fraction of sp³-hybridized carbons (Fsp3) is 0.273. The van der Waals surface area contributed by atoms with Gasteiger partial charge in [0.1, 0.15) is 11.3 Å². The largest absolute Gasteiger partial charge is 0.474 e. The number of benzene rings is 2. The van der Waals surface area contributed by atoms with Crippen LogP contribution in [-0.2, 0) is 16.0 Å². The lowest BCUT2D eigenvalue weighted by Gasteiger charge is -2.18. The maximum absolute atomic E-state index is 12.4. The van der Waals surface area contributed by atoms with Gasteiger partial charge in [0.2, 0.25) is 6.10 Å². The first-order chi connectivity index (χ1) is 13.1. The third-order valence-corrected chi connectivity index (χ3v) is 4.18. The molecule has 0 amide bonds. The number of carbonyl (C=O) groups excluding carboxylic acids is 1. The second kappa shape index (κ2) is 8.54. The summed E-state index contributed by atoms with van der Waals surface area (Å²) in [6, 6.07) is 15.9. The summed E-state index contributed by atoms with van der Waals surface area (Å²) in [7, 11) is 0. The molecule has 0 aliphatic rings. The molecule has 5 heteroatoms. The van der Waals surface area contributed by atoms with Crippen molar-refractivity contribution in [3.63, 3.8) is 0 Å². The molecule has 0 fully saturated rings. The molecule has 1 aromatic heterocycles. The van der Waals surface area contributed by atoms with E-state index in [-0.39, 0.29) is 6.61 Å². The van der Waals surface area contributed by atoms with Crippen LogP contribution < -0.4 is 10.4 Å². The first-order valence-corrected chi connectivity index (χ1v) is 9.07. The molecule has 0 unspecified atom stereocenters. The van der Waals surface area contributed by atoms with Gasteiger partial charge in [-0.25, -0.2) is 9.59 Å².